The zero-order valence-electron chi connectivity index (χ0n) is 9.95. The number of anilines is 1. The number of rotatable bonds is 4. The molecule has 0 radical (unpaired) electrons. The third kappa shape index (κ3) is 2.78. The van der Waals surface area contributed by atoms with Crippen molar-refractivity contribution in [1.82, 2.24) is 14.8 Å². The van der Waals surface area contributed by atoms with Crippen LogP contribution in [0.2, 0.25) is 0 Å². The number of aromatic nitrogens is 3. The Balaban J connectivity index is 1.81. The van der Waals surface area contributed by atoms with E-state index in [1.807, 2.05) is 36.5 Å². The fraction of sp³-hybridized carbons (Fsp3) is 0.0769. The summed E-state index contributed by atoms with van der Waals surface area (Å²) in [6.07, 6.45) is 5.34. The van der Waals surface area contributed by atoms with Gasteiger partial charge in [-0.05, 0) is 52.9 Å². The largest absolute Gasteiger partial charge is 0.454 e. The molecule has 0 fully saturated rings. The molecule has 0 aromatic carbocycles. The summed E-state index contributed by atoms with van der Waals surface area (Å²) in [5.74, 6) is 1.66. The lowest BCUT2D eigenvalue weighted by atomic mass is 10.3. The van der Waals surface area contributed by atoms with Crippen LogP contribution < -0.4 is 5.32 Å². The van der Waals surface area contributed by atoms with Gasteiger partial charge in [-0.1, -0.05) is 0 Å². The quantitative estimate of drug-likeness (QED) is 0.722. The van der Waals surface area contributed by atoms with E-state index in [9.17, 15) is 0 Å². The smallest absolute Gasteiger partial charge is 0.176 e. The molecule has 3 heterocycles. The third-order valence-corrected chi connectivity index (χ3v) is 3.17. The van der Waals surface area contributed by atoms with Gasteiger partial charge in [0.25, 0.3) is 0 Å². The van der Waals surface area contributed by atoms with Crippen molar-refractivity contribution in [1.29, 1.82) is 0 Å². The molecule has 0 saturated carbocycles. The molecule has 0 atom stereocenters. The van der Waals surface area contributed by atoms with Gasteiger partial charge in [0, 0.05) is 18.6 Å². The van der Waals surface area contributed by atoms with Crippen molar-refractivity contribution in [2.75, 3.05) is 5.32 Å². The normalized spacial score (nSPS) is 10.6. The summed E-state index contributed by atoms with van der Waals surface area (Å²) in [5.41, 5.74) is 0.914. The van der Waals surface area contributed by atoms with Crippen LogP contribution >= 0.6 is 22.6 Å². The SMILES string of the molecule is Ic1ccc(CNc2cccnc2-n2cccn2)o1. The first-order valence-corrected chi connectivity index (χ1v) is 6.84. The molecule has 0 spiro atoms. The minimum Gasteiger partial charge on any atom is -0.454 e. The average Bonchev–Trinajstić information content (AvgIpc) is 3.08. The second kappa shape index (κ2) is 5.43. The molecule has 19 heavy (non-hydrogen) atoms. The number of halogens is 1. The molecule has 0 unspecified atom stereocenters. The maximum atomic E-state index is 5.52. The molecule has 1 N–H and O–H groups in total. The predicted molar refractivity (Wildman–Crippen MR) is 80.1 cm³/mol. The number of hydrogen-bond acceptors (Lipinski definition) is 4. The topological polar surface area (TPSA) is 55.9 Å². The van der Waals surface area contributed by atoms with Crippen LogP contribution in [0.3, 0.4) is 0 Å². The summed E-state index contributed by atoms with van der Waals surface area (Å²) in [6, 6.07) is 9.63. The lowest BCUT2D eigenvalue weighted by molar-refractivity contribution is 0.493. The maximum absolute atomic E-state index is 5.52. The zero-order chi connectivity index (χ0) is 13.1. The van der Waals surface area contributed by atoms with Crippen LogP contribution in [0.25, 0.3) is 5.82 Å². The highest BCUT2D eigenvalue weighted by Gasteiger charge is 2.06. The number of hydrogen-bond donors (Lipinski definition) is 1. The molecule has 0 amide bonds. The summed E-state index contributed by atoms with van der Waals surface area (Å²) in [5, 5.41) is 7.51. The van der Waals surface area contributed by atoms with Crippen molar-refractivity contribution in [3.63, 3.8) is 0 Å². The molecule has 3 rings (SSSR count). The first-order valence-electron chi connectivity index (χ1n) is 5.76. The number of nitrogens with one attached hydrogen (secondary N) is 1. The minimum atomic E-state index is 0.614. The first kappa shape index (κ1) is 12.2. The molecule has 0 aliphatic carbocycles. The molecule has 0 bridgehead atoms. The third-order valence-electron chi connectivity index (χ3n) is 2.59. The van der Waals surface area contributed by atoms with E-state index in [2.05, 4.69) is 38.0 Å². The van der Waals surface area contributed by atoms with Gasteiger partial charge in [-0.2, -0.15) is 5.10 Å². The highest BCUT2D eigenvalue weighted by molar-refractivity contribution is 14.1. The van der Waals surface area contributed by atoms with E-state index in [4.69, 9.17) is 4.42 Å². The van der Waals surface area contributed by atoms with Gasteiger partial charge < -0.3 is 9.73 Å². The van der Waals surface area contributed by atoms with Crippen LogP contribution in [0.15, 0.2) is 53.3 Å². The fourth-order valence-corrected chi connectivity index (χ4v) is 2.20. The number of nitrogens with zero attached hydrogens (tertiary/aromatic N) is 3. The Morgan fingerprint density at radius 3 is 2.89 bits per heavy atom. The summed E-state index contributed by atoms with van der Waals surface area (Å²) >= 11 is 2.15. The molecule has 0 saturated heterocycles. The first-order chi connectivity index (χ1) is 9.33. The van der Waals surface area contributed by atoms with E-state index in [0.29, 0.717) is 6.54 Å². The molecular formula is C13H11IN4O. The molecule has 0 aliphatic heterocycles. The predicted octanol–water partition coefficient (Wildman–Crippen LogP) is 3.08. The Bertz CT molecular complexity index is 663. The Labute approximate surface area is 123 Å². The average molecular weight is 366 g/mol. The van der Waals surface area contributed by atoms with Crippen molar-refractivity contribution >= 4 is 28.3 Å². The Morgan fingerprint density at radius 2 is 2.16 bits per heavy atom. The monoisotopic (exact) mass is 366 g/mol. The van der Waals surface area contributed by atoms with Crippen LogP contribution in [-0.2, 0) is 6.54 Å². The van der Waals surface area contributed by atoms with Gasteiger partial charge in [0.2, 0.25) is 0 Å². The van der Waals surface area contributed by atoms with Gasteiger partial charge in [-0.3, -0.25) is 0 Å². The Kier molecular flexibility index (Phi) is 3.49. The molecule has 96 valence electrons. The van der Waals surface area contributed by atoms with Gasteiger partial charge >= 0.3 is 0 Å². The van der Waals surface area contributed by atoms with E-state index in [1.54, 1.807) is 17.1 Å². The minimum absolute atomic E-state index is 0.614. The molecule has 0 aliphatic rings. The molecule has 6 heteroatoms. The van der Waals surface area contributed by atoms with Crippen LogP contribution in [0.5, 0.6) is 0 Å². The van der Waals surface area contributed by atoms with Gasteiger partial charge in [0.05, 0.1) is 12.2 Å². The summed E-state index contributed by atoms with van der Waals surface area (Å²) in [4.78, 5) is 4.34. The lowest BCUT2D eigenvalue weighted by Crippen LogP contribution is -2.06. The van der Waals surface area contributed by atoms with Gasteiger partial charge in [-0.25, -0.2) is 9.67 Å². The highest BCUT2D eigenvalue weighted by Crippen LogP contribution is 2.18. The summed E-state index contributed by atoms with van der Waals surface area (Å²) in [7, 11) is 0. The van der Waals surface area contributed by atoms with Crippen molar-refractivity contribution in [3.8, 4) is 5.82 Å². The second-order valence-electron chi connectivity index (χ2n) is 3.88. The van der Waals surface area contributed by atoms with Gasteiger partial charge in [-0.15, -0.1) is 0 Å². The van der Waals surface area contributed by atoms with Gasteiger partial charge in [0.15, 0.2) is 9.58 Å². The maximum Gasteiger partial charge on any atom is 0.176 e. The summed E-state index contributed by atoms with van der Waals surface area (Å²) < 4.78 is 8.13. The van der Waals surface area contributed by atoms with Crippen molar-refractivity contribution in [2.24, 2.45) is 0 Å². The van der Waals surface area contributed by atoms with Crippen molar-refractivity contribution in [3.05, 3.63) is 58.4 Å². The summed E-state index contributed by atoms with van der Waals surface area (Å²) in [6.45, 7) is 0.614. The second-order valence-corrected chi connectivity index (χ2v) is 4.95. The molecule has 5 nitrogen and oxygen atoms in total. The highest BCUT2D eigenvalue weighted by atomic mass is 127. The van der Waals surface area contributed by atoms with Crippen LogP contribution in [0.4, 0.5) is 5.69 Å². The van der Waals surface area contributed by atoms with Crippen molar-refractivity contribution in [2.45, 2.75) is 6.54 Å². The van der Waals surface area contributed by atoms with Crippen LogP contribution in [0, 0.1) is 3.77 Å². The number of pyridine rings is 1. The molecular weight excluding hydrogens is 355 g/mol. The zero-order valence-corrected chi connectivity index (χ0v) is 12.1. The lowest BCUT2D eigenvalue weighted by Gasteiger charge is -2.09. The van der Waals surface area contributed by atoms with Crippen molar-refractivity contribution < 1.29 is 4.42 Å². The Hall–Kier alpha value is -1.83. The van der Waals surface area contributed by atoms with Crippen LogP contribution in [-0.4, -0.2) is 14.8 Å². The van der Waals surface area contributed by atoms with E-state index in [0.717, 1.165) is 21.0 Å². The van der Waals surface area contributed by atoms with E-state index in [-0.39, 0.29) is 0 Å². The Morgan fingerprint density at radius 1 is 1.21 bits per heavy atom. The van der Waals surface area contributed by atoms with E-state index >= 15 is 0 Å². The van der Waals surface area contributed by atoms with Gasteiger partial charge in [0.1, 0.15) is 5.76 Å². The van der Waals surface area contributed by atoms with E-state index in [1.165, 1.54) is 0 Å². The van der Waals surface area contributed by atoms with Crippen LogP contribution in [0.1, 0.15) is 5.76 Å². The fourth-order valence-electron chi connectivity index (χ4n) is 1.74. The standard InChI is InChI=1S/C13H11IN4O/c14-12-5-4-10(19-12)9-16-11-3-1-6-15-13(11)18-8-2-7-17-18/h1-8,16H,9H2. The van der Waals surface area contributed by atoms with E-state index < -0.39 is 0 Å². The molecule has 3 aromatic rings. The molecule has 3 aromatic heterocycles. The number of furan rings is 1.